The quantitative estimate of drug-likeness (QED) is 0.217. The Balaban J connectivity index is 1.56. The maximum atomic E-state index is 10.3. The van der Waals surface area contributed by atoms with Crippen LogP contribution in [0.1, 0.15) is 30.7 Å². The topological polar surface area (TPSA) is 110 Å². The lowest BCUT2D eigenvalue weighted by Crippen LogP contribution is -2.25. The van der Waals surface area contributed by atoms with Crippen molar-refractivity contribution < 1.29 is 24.8 Å². The van der Waals surface area contributed by atoms with Crippen molar-refractivity contribution in [2.24, 2.45) is 0 Å². The smallest absolute Gasteiger partial charge is 0.125 e. The van der Waals surface area contributed by atoms with Crippen LogP contribution in [0.4, 0.5) is 0 Å². The van der Waals surface area contributed by atoms with Crippen molar-refractivity contribution in [3.63, 3.8) is 0 Å². The van der Waals surface area contributed by atoms with Gasteiger partial charge in [-0.2, -0.15) is 0 Å². The van der Waals surface area contributed by atoms with Crippen LogP contribution in [0.15, 0.2) is 48.5 Å². The second-order valence-corrected chi connectivity index (χ2v) is 9.76. The monoisotopic (exact) mass is 597 g/mol. The number of nitrogens with zero attached hydrogens (tertiary/aromatic N) is 3. The molecule has 0 fully saturated rings. The maximum absolute atomic E-state index is 10.3. The number of hydrogen-bond acceptors (Lipinski definition) is 7. The second-order valence-electron chi connectivity index (χ2n) is 8.42. The summed E-state index contributed by atoms with van der Waals surface area (Å²) in [4.78, 5) is 0. The number of rotatable bonds is 12. The Morgan fingerprint density at radius 1 is 0.941 bits per heavy atom. The van der Waals surface area contributed by atoms with E-state index in [0.29, 0.717) is 20.9 Å². The molecule has 1 heterocycles. The predicted octanol–water partition coefficient (Wildman–Crippen LogP) is 3.12. The molecule has 0 saturated heterocycles. The molecule has 34 heavy (non-hydrogen) atoms. The molecule has 2 aromatic carbocycles. The van der Waals surface area contributed by atoms with Gasteiger partial charge >= 0.3 is 0 Å². The molecule has 0 saturated carbocycles. The molecule has 3 N–H and O–H groups in total. The molecular weight excluding hydrogens is 569 g/mol. The minimum absolute atomic E-state index is 0.104. The fourth-order valence-electron chi connectivity index (χ4n) is 3.34. The fraction of sp³-hybridized carbons (Fsp3) is 0.417. The van der Waals surface area contributed by atoms with Gasteiger partial charge in [-0.05, 0) is 58.0 Å². The highest BCUT2D eigenvalue weighted by Gasteiger charge is 2.23. The SMILES string of the molecule is CC(C)(c1ccc(OC[C@H](O)CCl)cc1)c1ccc(OC[C@@H](O)Cn2nnc(CO)c2[123I])cc1. The fourth-order valence-corrected chi connectivity index (χ4v) is 4.00. The first-order chi connectivity index (χ1) is 16.2. The van der Waals surface area contributed by atoms with Crippen LogP contribution >= 0.6 is 34.2 Å². The number of ether oxygens (including phenoxy) is 2. The molecule has 10 heteroatoms. The van der Waals surface area contributed by atoms with Gasteiger partial charge in [0.2, 0.25) is 0 Å². The van der Waals surface area contributed by atoms with Crippen molar-refractivity contribution in [3.05, 3.63) is 69.1 Å². The van der Waals surface area contributed by atoms with Crippen LogP contribution in [0.3, 0.4) is 0 Å². The Morgan fingerprint density at radius 2 is 1.44 bits per heavy atom. The number of aliphatic hydroxyl groups excluding tert-OH is 3. The van der Waals surface area contributed by atoms with E-state index in [1.165, 1.54) is 0 Å². The summed E-state index contributed by atoms with van der Waals surface area (Å²) < 4.78 is 13.5. The van der Waals surface area contributed by atoms with E-state index in [4.69, 9.17) is 21.1 Å². The zero-order valence-electron chi connectivity index (χ0n) is 19.1. The molecule has 0 aliphatic heterocycles. The molecule has 8 nitrogen and oxygen atoms in total. The highest BCUT2D eigenvalue weighted by molar-refractivity contribution is 14.1. The maximum Gasteiger partial charge on any atom is 0.125 e. The number of aromatic nitrogens is 3. The lowest BCUT2D eigenvalue weighted by atomic mass is 9.78. The van der Waals surface area contributed by atoms with Crippen molar-refractivity contribution in [2.75, 3.05) is 19.1 Å². The Labute approximate surface area is 217 Å². The van der Waals surface area contributed by atoms with E-state index >= 15 is 0 Å². The van der Waals surface area contributed by atoms with Crippen molar-refractivity contribution in [1.29, 1.82) is 0 Å². The lowest BCUT2D eigenvalue weighted by molar-refractivity contribution is 0.0881. The minimum atomic E-state index is -0.774. The van der Waals surface area contributed by atoms with Crippen LogP contribution in [0.5, 0.6) is 11.5 Å². The summed E-state index contributed by atoms with van der Waals surface area (Å²) in [7, 11) is 0. The molecule has 3 aromatic rings. The molecule has 0 radical (unpaired) electrons. The molecule has 0 spiro atoms. The molecule has 3 rings (SSSR count). The van der Waals surface area contributed by atoms with Crippen molar-refractivity contribution in [1.82, 2.24) is 15.0 Å². The molecule has 1 aromatic heterocycles. The third kappa shape index (κ3) is 6.82. The molecular formula is C24H29ClIN3O5. The van der Waals surface area contributed by atoms with Gasteiger partial charge in [0.15, 0.2) is 0 Å². The number of aliphatic hydroxyl groups is 3. The van der Waals surface area contributed by atoms with E-state index in [-0.39, 0.29) is 37.7 Å². The summed E-state index contributed by atoms with van der Waals surface area (Å²) in [6, 6.07) is 15.6. The standard InChI is InChI=1S/C24H29ClIN3O5/c1-24(2,16-3-7-20(8-4-16)33-14-18(31)11-25)17-5-9-21(10-6-17)34-15-19(32)12-29-23(26)22(13-30)27-28-29/h3-10,18-19,30-32H,11-15H2,1-2H3/t18-,19+/m1/s1/i26-4. The third-order valence-corrected chi connectivity index (χ3v) is 7.02. The molecule has 184 valence electrons. The van der Waals surface area contributed by atoms with Crippen molar-refractivity contribution in [3.8, 4) is 11.5 Å². The summed E-state index contributed by atoms with van der Waals surface area (Å²) in [6.45, 7) is 4.57. The van der Waals surface area contributed by atoms with Gasteiger partial charge in [-0.3, -0.25) is 0 Å². The number of hydrogen-bond donors (Lipinski definition) is 3. The second kappa shape index (κ2) is 12.2. The van der Waals surface area contributed by atoms with Crippen LogP contribution in [-0.2, 0) is 18.6 Å². The number of halogens is 2. The summed E-state index contributed by atoms with van der Waals surface area (Å²) in [6.07, 6.45) is -1.46. The van der Waals surface area contributed by atoms with Crippen molar-refractivity contribution in [2.45, 2.75) is 44.6 Å². The summed E-state index contributed by atoms with van der Waals surface area (Å²) in [5, 5.41) is 36.8. The van der Waals surface area contributed by atoms with Crippen LogP contribution in [0.25, 0.3) is 0 Å². The average molecular weight is 598 g/mol. The van der Waals surface area contributed by atoms with Gasteiger partial charge in [-0.25, -0.2) is 4.68 Å². The minimum Gasteiger partial charge on any atom is -0.491 e. The summed E-state index contributed by atoms with van der Waals surface area (Å²) >= 11 is 7.64. The first-order valence-electron chi connectivity index (χ1n) is 10.8. The number of alkyl halides is 1. The van der Waals surface area contributed by atoms with Gasteiger partial charge in [0.05, 0.1) is 19.0 Å². The first-order valence-corrected chi connectivity index (χ1v) is 12.4. The first kappa shape index (κ1) is 26.7. The van der Waals surface area contributed by atoms with Gasteiger partial charge in [0.1, 0.15) is 46.3 Å². The molecule has 2 atom stereocenters. The van der Waals surface area contributed by atoms with Gasteiger partial charge in [0, 0.05) is 5.41 Å². The molecule has 0 aliphatic carbocycles. The molecule has 0 amide bonds. The Morgan fingerprint density at radius 3 is 1.88 bits per heavy atom. The van der Waals surface area contributed by atoms with E-state index in [1.807, 2.05) is 71.1 Å². The zero-order chi connectivity index (χ0) is 24.7. The third-order valence-electron chi connectivity index (χ3n) is 5.49. The van der Waals surface area contributed by atoms with Gasteiger partial charge in [-0.1, -0.05) is 43.3 Å². The van der Waals surface area contributed by atoms with E-state index in [9.17, 15) is 15.3 Å². The zero-order valence-corrected chi connectivity index (χ0v) is 22.0. The molecule has 0 aliphatic rings. The van der Waals surface area contributed by atoms with Crippen molar-refractivity contribution >= 4 is 34.2 Å². The molecule has 0 bridgehead atoms. The van der Waals surface area contributed by atoms with E-state index in [0.717, 1.165) is 11.1 Å². The lowest BCUT2D eigenvalue weighted by Gasteiger charge is -2.26. The highest BCUT2D eigenvalue weighted by Crippen LogP contribution is 2.33. The Bertz CT molecular complexity index is 1040. The normalized spacial score (nSPS) is 13.5. The molecule has 0 unspecified atom stereocenters. The van der Waals surface area contributed by atoms with Crippen LogP contribution in [-0.4, -0.2) is 61.6 Å². The van der Waals surface area contributed by atoms with Gasteiger partial charge < -0.3 is 24.8 Å². The van der Waals surface area contributed by atoms with Crippen LogP contribution < -0.4 is 9.47 Å². The van der Waals surface area contributed by atoms with E-state index in [1.54, 1.807) is 4.68 Å². The predicted molar refractivity (Wildman–Crippen MR) is 137 cm³/mol. The average Bonchev–Trinajstić information content (AvgIpc) is 3.20. The van der Waals surface area contributed by atoms with Gasteiger partial charge in [0.25, 0.3) is 0 Å². The van der Waals surface area contributed by atoms with E-state index < -0.39 is 12.2 Å². The van der Waals surface area contributed by atoms with Crippen LogP contribution in [0, 0.1) is 3.70 Å². The Hall–Kier alpha value is -1.92. The summed E-state index contributed by atoms with van der Waals surface area (Å²) in [5.74, 6) is 1.47. The summed E-state index contributed by atoms with van der Waals surface area (Å²) in [5.41, 5.74) is 2.46. The van der Waals surface area contributed by atoms with Gasteiger partial charge in [-0.15, -0.1) is 16.7 Å². The Kier molecular flexibility index (Phi) is 9.55. The van der Waals surface area contributed by atoms with E-state index in [2.05, 4.69) is 24.2 Å². The number of benzene rings is 2. The highest BCUT2D eigenvalue weighted by atomic mass is 123. The largest absolute Gasteiger partial charge is 0.491 e. The van der Waals surface area contributed by atoms with Crippen LogP contribution in [0.2, 0.25) is 0 Å².